The third-order valence-corrected chi connectivity index (χ3v) is 4.41. The lowest BCUT2D eigenvalue weighted by Gasteiger charge is -2.12. The molecule has 104 valence electrons. The Morgan fingerprint density at radius 2 is 2.30 bits per heavy atom. The Morgan fingerprint density at radius 3 is 2.95 bits per heavy atom. The van der Waals surface area contributed by atoms with Crippen molar-refractivity contribution in [2.24, 2.45) is 0 Å². The van der Waals surface area contributed by atoms with Crippen molar-refractivity contribution in [2.75, 3.05) is 0 Å². The summed E-state index contributed by atoms with van der Waals surface area (Å²) < 4.78 is 13.9. The first-order chi connectivity index (χ1) is 9.65. The summed E-state index contributed by atoms with van der Waals surface area (Å²) in [6, 6.07) is 6.78. The van der Waals surface area contributed by atoms with Gasteiger partial charge in [-0.15, -0.1) is 11.3 Å². The third kappa shape index (κ3) is 3.21. The number of aryl methyl sites for hydroxylation is 1. The van der Waals surface area contributed by atoms with Crippen molar-refractivity contribution in [1.29, 1.82) is 5.26 Å². The van der Waals surface area contributed by atoms with E-state index < -0.39 is 5.82 Å². The van der Waals surface area contributed by atoms with Gasteiger partial charge < -0.3 is 5.32 Å². The Balaban J connectivity index is 2.03. The molecule has 1 atom stereocenters. The van der Waals surface area contributed by atoms with Crippen LogP contribution in [0.3, 0.4) is 0 Å². The maximum atomic E-state index is 13.9. The summed E-state index contributed by atoms with van der Waals surface area (Å²) in [6.07, 6.45) is 2.86. The molecule has 1 heterocycles. The number of hydrogen-bond acceptors (Lipinski definition) is 4. The van der Waals surface area contributed by atoms with E-state index in [1.807, 2.05) is 19.2 Å². The molecule has 0 spiro atoms. The van der Waals surface area contributed by atoms with Crippen molar-refractivity contribution in [2.45, 2.75) is 32.9 Å². The number of rotatable bonds is 5. The van der Waals surface area contributed by atoms with Gasteiger partial charge in [-0.25, -0.2) is 9.37 Å². The maximum Gasteiger partial charge on any atom is 0.145 e. The molecule has 0 aliphatic carbocycles. The molecule has 0 aliphatic rings. The fourth-order valence-electron chi connectivity index (χ4n) is 1.84. The van der Waals surface area contributed by atoms with E-state index >= 15 is 0 Å². The predicted octanol–water partition coefficient (Wildman–Crippen LogP) is 3.57. The van der Waals surface area contributed by atoms with E-state index in [1.165, 1.54) is 10.9 Å². The summed E-state index contributed by atoms with van der Waals surface area (Å²) in [7, 11) is 0. The molecule has 5 heteroatoms. The summed E-state index contributed by atoms with van der Waals surface area (Å²) in [5.41, 5.74) is 0.586. The fourth-order valence-corrected chi connectivity index (χ4v) is 2.72. The SMILES string of the molecule is CCc1cnc(C(C)NCc2cccc(C#N)c2F)s1. The summed E-state index contributed by atoms with van der Waals surface area (Å²) in [4.78, 5) is 5.61. The number of benzene rings is 1. The molecular formula is C15H16FN3S. The zero-order chi connectivity index (χ0) is 14.5. The number of nitriles is 1. The van der Waals surface area contributed by atoms with Crippen LogP contribution in [0.2, 0.25) is 0 Å². The monoisotopic (exact) mass is 289 g/mol. The van der Waals surface area contributed by atoms with Crippen LogP contribution in [-0.2, 0) is 13.0 Å². The number of halogens is 1. The lowest BCUT2D eigenvalue weighted by molar-refractivity contribution is 0.541. The van der Waals surface area contributed by atoms with Crippen LogP contribution in [0, 0.1) is 17.1 Å². The van der Waals surface area contributed by atoms with Crippen LogP contribution in [-0.4, -0.2) is 4.98 Å². The molecule has 1 N–H and O–H groups in total. The van der Waals surface area contributed by atoms with Gasteiger partial charge in [-0.1, -0.05) is 19.1 Å². The van der Waals surface area contributed by atoms with E-state index in [9.17, 15) is 4.39 Å². The largest absolute Gasteiger partial charge is 0.304 e. The van der Waals surface area contributed by atoms with Crippen LogP contribution >= 0.6 is 11.3 Å². The topological polar surface area (TPSA) is 48.7 Å². The zero-order valence-electron chi connectivity index (χ0n) is 11.5. The molecule has 0 amide bonds. The van der Waals surface area contributed by atoms with Gasteiger partial charge in [0.1, 0.15) is 16.9 Å². The van der Waals surface area contributed by atoms with Gasteiger partial charge in [0.15, 0.2) is 0 Å². The van der Waals surface area contributed by atoms with E-state index in [4.69, 9.17) is 5.26 Å². The average molecular weight is 289 g/mol. The van der Waals surface area contributed by atoms with E-state index in [0.717, 1.165) is 11.4 Å². The number of nitrogens with zero attached hydrogens (tertiary/aromatic N) is 2. The Kier molecular flexibility index (Phi) is 4.83. The highest BCUT2D eigenvalue weighted by molar-refractivity contribution is 7.11. The van der Waals surface area contributed by atoms with E-state index in [-0.39, 0.29) is 11.6 Å². The first kappa shape index (κ1) is 14.6. The Morgan fingerprint density at radius 1 is 1.50 bits per heavy atom. The minimum absolute atomic E-state index is 0.0606. The van der Waals surface area contributed by atoms with E-state index in [2.05, 4.69) is 17.2 Å². The first-order valence-corrected chi connectivity index (χ1v) is 7.32. The normalized spacial score (nSPS) is 12.1. The third-order valence-electron chi connectivity index (χ3n) is 3.09. The van der Waals surface area contributed by atoms with Crippen LogP contribution in [0.25, 0.3) is 0 Å². The molecule has 2 rings (SSSR count). The minimum atomic E-state index is -0.442. The molecule has 1 unspecified atom stereocenters. The van der Waals surface area contributed by atoms with Crippen LogP contribution in [0.15, 0.2) is 24.4 Å². The molecule has 0 saturated carbocycles. The number of hydrogen-bond donors (Lipinski definition) is 1. The second-order valence-corrected chi connectivity index (χ2v) is 5.66. The van der Waals surface area contributed by atoms with Crippen molar-refractivity contribution >= 4 is 11.3 Å². The molecule has 0 fully saturated rings. The van der Waals surface area contributed by atoms with Gasteiger partial charge in [0, 0.05) is 23.2 Å². The minimum Gasteiger partial charge on any atom is -0.304 e. The molecular weight excluding hydrogens is 273 g/mol. The van der Waals surface area contributed by atoms with Gasteiger partial charge >= 0.3 is 0 Å². The van der Waals surface area contributed by atoms with Crippen molar-refractivity contribution in [3.05, 3.63) is 51.2 Å². The molecule has 0 radical (unpaired) electrons. The highest BCUT2D eigenvalue weighted by Crippen LogP contribution is 2.21. The maximum absolute atomic E-state index is 13.9. The predicted molar refractivity (Wildman–Crippen MR) is 77.9 cm³/mol. The molecule has 0 aliphatic heterocycles. The quantitative estimate of drug-likeness (QED) is 0.915. The summed E-state index contributed by atoms with van der Waals surface area (Å²) in [5.74, 6) is -0.442. The first-order valence-electron chi connectivity index (χ1n) is 6.51. The van der Waals surface area contributed by atoms with Crippen molar-refractivity contribution in [3.63, 3.8) is 0 Å². The Labute approximate surface area is 122 Å². The highest BCUT2D eigenvalue weighted by atomic mass is 32.1. The van der Waals surface area contributed by atoms with Gasteiger partial charge in [-0.05, 0) is 19.4 Å². The lowest BCUT2D eigenvalue weighted by Crippen LogP contribution is -2.18. The van der Waals surface area contributed by atoms with Crippen molar-refractivity contribution < 1.29 is 4.39 Å². The van der Waals surface area contributed by atoms with Crippen LogP contribution in [0.5, 0.6) is 0 Å². The van der Waals surface area contributed by atoms with Gasteiger partial charge in [0.25, 0.3) is 0 Å². The standard InChI is InChI=1S/C15H16FN3S/c1-3-13-9-19-15(20-13)10(2)18-8-12-6-4-5-11(7-17)14(12)16/h4-6,9-10,18H,3,8H2,1-2H3. The number of thiazole rings is 1. The Bertz CT molecular complexity index is 630. The smallest absolute Gasteiger partial charge is 0.145 e. The van der Waals surface area contributed by atoms with E-state index in [1.54, 1.807) is 23.5 Å². The van der Waals surface area contributed by atoms with E-state index in [0.29, 0.717) is 12.1 Å². The molecule has 2 aromatic rings. The Hall–Kier alpha value is -1.77. The lowest BCUT2D eigenvalue weighted by atomic mass is 10.1. The van der Waals surface area contributed by atoms with Gasteiger partial charge in [-0.2, -0.15) is 5.26 Å². The number of nitrogens with one attached hydrogen (secondary N) is 1. The molecule has 3 nitrogen and oxygen atoms in total. The summed E-state index contributed by atoms with van der Waals surface area (Å²) in [6.45, 7) is 4.48. The molecule has 20 heavy (non-hydrogen) atoms. The van der Waals surface area contributed by atoms with Crippen LogP contribution < -0.4 is 5.32 Å². The zero-order valence-corrected chi connectivity index (χ0v) is 12.3. The van der Waals surface area contributed by atoms with Crippen molar-refractivity contribution in [3.8, 4) is 6.07 Å². The summed E-state index contributed by atoms with van der Waals surface area (Å²) >= 11 is 1.67. The van der Waals surface area contributed by atoms with Crippen molar-refractivity contribution in [1.82, 2.24) is 10.3 Å². The summed E-state index contributed by atoms with van der Waals surface area (Å²) in [5, 5.41) is 13.1. The number of aromatic nitrogens is 1. The average Bonchev–Trinajstić information content (AvgIpc) is 2.95. The van der Waals surface area contributed by atoms with Gasteiger partial charge in [-0.3, -0.25) is 0 Å². The highest BCUT2D eigenvalue weighted by Gasteiger charge is 2.12. The fraction of sp³-hybridized carbons (Fsp3) is 0.333. The molecule has 0 bridgehead atoms. The second kappa shape index (κ2) is 6.60. The molecule has 0 saturated heterocycles. The molecule has 1 aromatic heterocycles. The van der Waals surface area contributed by atoms with Crippen LogP contribution in [0.4, 0.5) is 4.39 Å². The second-order valence-electron chi connectivity index (χ2n) is 4.51. The van der Waals surface area contributed by atoms with Gasteiger partial charge in [0.05, 0.1) is 11.6 Å². The van der Waals surface area contributed by atoms with Crippen LogP contribution in [0.1, 0.15) is 40.9 Å². The molecule has 1 aromatic carbocycles. The van der Waals surface area contributed by atoms with Gasteiger partial charge in [0.2, 0.25) is 0 Å².